The van der Waals surface area contributed by atoms with E-state index in [9.17, 15) is 13.2 Å². The average molecular weight is 261 g/mol. The second-order valence-electron chi connectivity index (χ2n) is 4.16. The molecule has 0 fully saturated rings. The van der Waals surface area contributed by atoms with Gasteiger partial charge in [0.15, 0.2) is 0 Å². The molecule has 1 unspecified atom stereocenters. The van der Waals surface area contributed by atoms with Crippen LogP contribution in [0.5, 0.6) is 0 Å². The molecule has 1 rings (SSSR count). The number of alkyl halides is 3. The Hall–Kier alpha value is -1.07. The van der Waals surface area contributed by atoms with E-state index in [1.807, 2.05) is 6.92 Å². The molecule has 0 aliphatic heterocycles. The van der Waals surface area contributed by atoms with Crippen molar-refractivity contribution < 1.29 is 17.9 Å². The van der Waals surface area contributed by atoms with Gasteiger partial charge in [-0.2, -0.15) is 13.2 Å². The molecule has 0 heterocycles. The van der Waals surface area contributed by atoms with Crippen molar-refractivity contribution in [1.82, 2.24) is 0 Å². The fourth-order valence-corrected chi connectivity index (χ4v) is 1.50. The molecule has 0 radical (unpaired) electrons. The van der Waals surface area contributed by atoms with E-state index in [4.69, 9.17) is 10.5 Å². The zero-order chi connectivity index (χ0) is 13.6. The van der Waals surface area contributed by atoms with Crippen molar-refractivity contribution in [2.45, 2.75) is 32.0 Å². The minimum Gasteiger partial charge on any atom is -0.379 e. The molecule has 2 N–H and O–H groups in total. The Balaban J connectivity index is 2.60. The third kappa shape index (κ3) is 4.66. The number of hydrogen-bond acceptors (Lipinski definition) is 2. The zero-order valence-electron chi connectivity index (χ0n) is 10.3. The molecular weight excluding hydrogens is 243 g/mol. The van der Waals surface area contributed by atoms with Crippen molar-refractivity contribution in [1.29, 1.82) is 0 Å². The lowest BCUT2D eigenvalue weighted by atomic mass is 10.0. The molecule has 1 aromatic carbocycles. The second kappa shape index (κ2) is 6.75. The summed E-state index contributed by atoms with van der Waals surface area (Å²) in [7, 11) is 0. The molecule has 0 saturated heterocycles. The maximum Gasteiger partial charge on any atom is 0.416 e. The van der Waals surface area contributed by atoms with Crippen LogP contribution in [0.2, 0.25) is 0 Å². The molecule has 0 aliphatic rings. The number of halogens is 3. The lowest BCUT2D eigenvalue weighted by Crippen LogP contribution is -2.18. The van der Waals surface area contributed by atoms with E-state index < -0.39 is 17.8 Å². The average Bonchev–Trinajstić information content (AvgIpc) is 2.33. The molecule has 0 amide bonds. The van der Waals surface area contributed by atoms with Crippen LogP contribution in [-0.2, 0) is 10.9 Å². The number of rotatable bonds is 6. The first kappa shape index (κ1) is 15.0. The Labute approximate surface area is 105 Å². The molecule has 0 aliphatic carbocycles. The summed E-state index contributed by atoms with van der Waals surface area (Å²) < 4.78 is 42.8. The molecule has 0 spiro atoms. The van der Waals surface area contributed by atoms with Crippen LogP contribution < -0.4 is 5.73 Å². The van der Waals surface area contributed by atoms with Crippen LogP contribution in [0.4, 0.5) is 13.2 Å². The van der Waals surface area contributed by atoms with E-state index in [1.165, 1.54) is 6.07 Å². The zero-order valence-corrected chi connectivity index (χ0v) is 10.3. The predicted molar refractivity (Wildman–Crippen MR) is 64.1 cm³/mol. The lowest BCUT2D eigenvalue weighted by Gasteiger charge is -2.14. The molecule has 1 aromatic rings. The first-order valence-electron chi connectivity index (χ1n) is 5.95. The van der Waals surface area contributed by atoms with E-state index in [0.29, 0.717) is 12.2 Å². The van der Waals surface area contributed by atoms with Gasteiger partial charge >= 0.3 is 6.18 Å². The smallest absolute Gasteiger partial charge is 0.379 e. The fraction of sp³-hybridized carbons (Fsp3) is 0.538. The molecular formula is C13H18F3NO. The Morgan fingerprint density at radius 2 is 2.06 bits per heavy atom. The molecule has 0 bridgehead atoms. The normalized spacial score (nSPS) is 13.6. The highest BCUT2D eigenvalue weighted by Gasteiger charge is 2.30. The molecule has 2 nitrogen and oxygen atoms in total. The van der Waals surface area contributed by atoms with Crippen molar-refractivity contribution in [3.63, 3.8) is 0 Å². The van der Waals surface area contributed by atoms with E-state index in [-0.39, 0.29) is 6.61 Å². The third-order valence-corrected chi connectivity index (χ3v) is 2.58. The topological polar surface area (TPSA) is 35.2 Å². The van der Waals surface area contributed by atoms with Crippen LogP contribution in [0, 0.1) is 0 Å². The number of hydrogen-bond donors (Lipinski definition) is 1. The Morgan fingerprint density at radius 1 is 1.33 bits per heavy atom. The van der Waals surface area contributed by atoms with Crippen LogP contribution in [-0.4, -0.2) is 13.2 Å². The van der Waals surface area contributed by atoms with Gasteiger partial charge in [-0.3, -0.25) is 0 Å². The SMILES string of the molecule is CCCCOCC(N)c1cccc(C(F)(F)F)c1. The Bertz CT molecular complexity index is 365. The quantitative estimate of drug-likeness (QED) is 0.795. The highest BCUT2D eigenvalue weighted by atomic mass is 19.4. The van der Waals surface area contributed by atoms with Crippen LogP contribution in [0.25, 0.3) is 0 Å². The standard InChI is InChI=1S/C13H18F3NO/c1-2-3-7-18-9-12(17)10-5-4-6-11(8-10)13(14,15)16/h4-6,8,12H,2-3,7,9,17H2,1H3. The van der Waals surface area contributed by atoms with Crippen molar-refractivity contribution >= 4 is 0 Å². The molecule has 1 atom stereocenters. The van der Waals surface area contributed by atoms with Crippen LogP contribution in [0.15, 0.2) is 24.3 Å². The summed E-state index contributed by atoms with van der Waals surface area (Å²) in [5, 5.41) is 0. The number of unbranched alkanes of at least 4 members (excludes halogenated alkanes) is 1. The van der Waals surface area contributed by atoms with E-state index >= 15 is 0 Å². The molecule has 0 aromatic heterocycles. The van der Waals surface area contributed by atoms with Crippen molar-refractivity contribution in [2.24, 2.45) is 5.73 Å². The lowest BCUT2D eigenvalue weighted by molar-refractivity contribution is -0.137. The summed E-state index contributed by atoms with van der Waals surface area (Å²) >= 11 is 0. The number of nitrogens with two attached hydrogens (primary N) is 1. The first-order valence-corrected chi connectivity index (χ1v) is 5.95. The highest BCUT2D eigenvalue weighted by molar-refractivity contribution is 5.27. The van der Waals surface area contributed by atoms with E-state index in [2.05, 4.69) is 0 Å². The van der Waals surface area contributed by atoms with Gasteiger partial charge < -0.3 is 10.5 Å². The number of benzene rings is 1. The Kier molecular flexibility index (Phi) is 5.62. The van der Waals surface area contributed by atoms with Crippen LogP contribution in [0.3, 0.4) is 0 Å². The minimum absolute atomic E-state index is 0.237. The summed E-state index contributed by atoms with van der Waals surface area (Å²) in [6, 6.07) is 4.54. The first-order chi connectivity index (χ1) is 8.45. The third-order valence-electron chi connectivity index (χ3n) is 2.58. The maximum absolute atomic E-state index is 12.5. The summed E-state index contributed by atoms with van der Waals surface area (Å²) in [6.45, 7) is 2.86. The van der Waals surface area contributed by atoms with Gasteiger partial charge in [0.05, 0.1) is 18.2 Å². The van der Waals surface area contributed by atoms with Gasteiger partial charge in [0.2, 0.25) is 0 Å². The largest absolute Gasteiger partial charge is 0.416 e. The second-order valence-corrected chi connectivity index (χ2v) is 4.16. The van der Waals surface area contributed by atoms with E-state index in [1.54, 1.807) is 6.07 Å². The summed E-state index contributed by atoms with van der Waals surface area (Å²) in [5.41, 5.74) is 5.57. The van der Waals surface area contributed by atoms with Crippen molar-refractivity contribution in [3.8, 4) is 0 Å². The van der Waals surface area contributed by atoms with Crippen molar-refractivity contribution in [3.05, 3.63) is 35.4 Å². The highest BCUT2D eigenvalue weighted by Crippen LogP contribution is 2.30. The van der Waals surface area contributed by atoms with Crippen molar-refractivity contribution in [2.75, 3.05) is 13.2 Å². The van der Waals surface area contributed by atoms with Crippen LogP contribution in [0.1, 0.15) is 36.9 Å². The Morgan fingerprint density at radius 3 is 2.67 bits per heavy atom. The summed E-state index contributed by atoms with van der Waals surface area (Å²) in [4.78, 5) is 0. The minimum atomic E-state index is -4.33. The van der Waals surface area contributed by atoms with E-state index in [0.717, 1.165) is 25.0 Å². The van der Waals surface area contributed by atoms with Crippen LogP contribution >= 0.6 is 0 Å². The monoisotopic (exact) mass is 261 g/mol. The molecule has 102 valence electrons. The fourth-order valence-electron chi connectivity index (χ4n) is 1.50. The predicted octanol–water partition coefficient (Wildman–Crippen LogP) is 3.52. The van der Waals surface area contributed by atoms with Gasteiger partial charge in [-0.1, -0.05) is 25.5 Å². The van der Waals surface area contributed by atoms with Gasteiger partial charge in [0.25, 0.3) is 0 Å². The number of ether oxygens (including phenoxy) is 1. The molecule has 0 saturated carbocycles. The maximum atomic E-state index is 12.5. The molecule has 5 heteroatoms. The molecule has 18 heavy (non-hydrogen) atoms. The van der Waals surface area contributed by atoms with Gasteiger partial charge in [-0.15, -0.1) is 0 Å². The van der Waals surface area contributed by atoms with Gasteiger partial charge in [0, 0.05) is 6.61 Å². The van der Waals surface area contributed by atoms with Gasteiger partial charge in [-0.25, -0.2) is 0 Å². The van der Waals surface area contributed by atoms with Gasteiger partial charge in [0.1, 0.15) is 0 Å². The van der Waals surface area contributed by atoms with Gasteiger partial charge in [-0.05, 0) is 24.1 Å². The summed E-state index contributed by atoms with van der Waals surface area (Å²) in [6.07, 6.45) is -2.40. The summed E-state index contributed by atoms with van der Waals surface area (Å²) in [5.74, 6) is 0.